The van der Waals surface area contributed by atoms with Crippen LogP contribution in [0.15, 0.2) is 24.3 Å². The number of carbonyl (C=O) groups excluding carboxylic acids is 1. The van der Waals surface area contributed by atoms with Gasteiger partial charge in [0.15, 0.2) is 0 Å². The second-order valence-electron chi connectivity index (χ2n) is 7.03. The zero-order valence-electron chi connectivity index (χ0n) is 15.7. The van der Waals surface area contributed by atoms with Crippen LogP contribution in [0.2, 0.25) is 0 Å². The van der Waals surface area contributed by atoms with Crippen molar-refractivity contribution < 1.29 is 4.79 Å². The summed E-state index contributed by atoms with van der Waals surface area (Å²) in [5.41, 5.74) is 8.39. The monoisotopic (exact) mass is 368 g/mol. The van der Waals surface area contributed by atoms with E-state index in [1.54, 1.807) is 0 Å². The van der Waals surface area contributed by atoms with Gasteiger partial charge < -0.3 is 16.0 Å². The Labute approximate surface area is 158 Å². The Bertz CT molecular complexity index is 515. The Morgan fingerprint density at radius 1 is 1.16 bits per heavy atom. The van der Waals surface area contributed by atoms with Gasteiger partial charge in [0.1, 0.15) is 0 Å². The third kappa shape index (κ3) is 6.94. The van der Waals surface area contributed by atoms with Gasteiger partial charge in [0.2, 0.25) is 5.91 Å². The lowest BCUT2D eigenvalue weighted by Gasteiger charge is -2.32. The maximum atomic E-state index is 12.0. The number of hydrogen-bond donors (Lipinski definition) is 2. The molecule has 25 heavy (non-hydrogen) atoms. The summed E-state index contributed by atoms with van der Waals surface area (Å²) in [7, 11) is 2.17. The molecular weight excluding hydrogens is 336 g/mol. The van der Waals surface area contributed by atoms with E-state index in [0.717, 1.165) is 44.7 Å². The highest BCUT2D eigenvalue weighted by Crippen LogP contribution is 2.10. The zero-order valence-corrected chi connectivity index (χ0v) is 16.5. The molecule has 1 amide bonds. The van der Waals surface area contributed by atoms with Crippen LogP contribution in [0.1, 0.15) is 31.4 Å². The Balaban J connectivity index is 0.00000312. The number of benzene rings is 1. The Morgan fingerprint density at radius 2 is 1.72 bits per heavy atom. The number of likely N-dealkylation sites (N-methyl/N-ethyl adjacent to an activating group) is 1. The normalized spacial score (nSPS) is 18.2. The molecule has 0 aliphatic carbocycles. The molecule has 2 unspecified atom stereocenters. The van der Waals surface area contributed by atoms with Crippen molar-refractivity contribution in [3.05, 3.63) is 35.4 Å². The van der Waals surface area contributed by atoms with E-state index in [0.29, 0.717) is 6.54 Å². The maximum Gasteiger partial charge on any atom is 0.237 e. The molecule has 1 fully saturated rings. The average molecular weight is 369 g/mol. The van der Waals surface area contributed by atoms with Crippen LogP contribution in [0.25, 0.3) is 0 Å². The summed E-state index contributed by atoms with van der Waals surface area (Å²) in [6, 6.07) is 8.09. The Hall–Kier alpha value is -1.14. The number of nitrogens with zero attached hydrogens (tertiary/aromatic N) is 2. The highest BCUT2D eigenvalue weighted by atomic mass is 35.5. The summed E-state index contributed by atoms with van der Waals surface area (Å²) in [4.78, 5) is 16.9. The van der Waals surface area contributed by atoms with Crippen molar-refractivity contribution in [1.29, 1.82) is 0 Å². The molecule has 1 saturated heterocycles. The van der Waals surface area contributed by atoms with E-state index in [1.165, 1.54) is 5.56 Å². The fourth-order valence-corrected chi connectivity index (χ4v) is 2.85. The molecule has 0 saturated carbocycles. The lowest BCUT2D eigenvalue weighted by molar-refractivity contribution is -0.123. The molecule has 3 N–H and O–H groups in total. The molecule has 1 heterocycles. The number of hydrogen-bond acceptors (Lipinski definition) is 4. The first-order valence-corrected chi connectivity index (χ1v) is 9.01. The Morgan fingerprint density at radius 3 is 2.28 bits per heavy atom. The zero-order chi connectivity index (χ0) is 17.5. The largest absolute Gasteiger partial charge is 0.351 e. The highest BCUT2D eigenvalue weighted by molar-refractivity contribution is 5.85. The smallest absolute Gasteiger partial charge is 0.237 e. The predicted octanol–water partition coefficient (Wildman–Crippen LogP) is 1.85. The standard InChI is InChI=1S/C19H32N4O.ClH/c1-4-15(2)18(20)19(24)21-13-16-5-7-17(8-6-16)14-23-11-9-22(3)10-12-23;/h5-8,15,18H,4,9-14,20H2,1-3H3,(H,21,24);1H. The topological polar surface area (TPSA) is 61.6 Å². The fraction of sp³-hybridized carbons (Fsp3) is 0.632. The van der Waals surface area contributed by atoms with Crippen LogP contribution in [0.5, 0.6) is 0 Å². The molecule has 1 aromatic carbocycles. The second kappa shape index (κ2) is 10.8. The number of carbonyl (C=O) groups is 1. The van der Waals surface area contributed by atoms with Crippen molar-refractivity contribution in [2.24, 2.45) is 11.7 Å². The first-order valence-electron chi connectivity index (χ1n) is 9.01. The number of piperazine rings is 1. The molecular formula is C19H33ClN4O. The van der Waals surface area contributed by atoms with E-state index in [1.807, 2.05) is 6.92 Å². The molecule has 1 aliphatic heterocycles. The molecule has 0 radical (unpaired) electrons. The molecule has 5 nitrogen and oxygen atoms in total. The summed E-state index contributed by atoms with van der Waals surface area (Å²) in [6.07, 6.45) is 0.912. The third-order valence-electron chi connectivity index (χ3n) is 5.05. The summed E-state index contributed by atoms with van der Waals surface area (Å²) < 4.78 is 0. The van der Waals surface area contributed by atoms with E-state index in [4.69, 9.17) is 5.73 Å². The average Bonchev–Trinajstić information content (AvgIpc) is 2.61. The van der Waals surface area contributed by atoms with Crippen molar-refractivity contribution in [2.45, 2.75) is 39.4 Å². The van der Waals surface area contributed by atoms with E-state index in [2.05, 4.69) is 53.4 Å². The lowest BCUT2D eigenvalue weighted by Crippen LogP contribution is -2.44. The van der Waals surface area contributed by atoms with Crippen LogP contribution < -0.4 is 11.1 Å². The number of halogens is 1. The van der Waals surface area contributed by atoms with Gasteiger partial charge in [-0.2, -0.15) is 0 Å². The highest BCUT2D eigenvalue weighted by Gasteiger charge is 2.19. The first kappa shape index (κ1) is 21.9. The van der Waals surface area contributed by atoms with Gasteiger partial charge in [0.25, 0.3) is 0 Å². The van der Waals surface area contributed by atoms with Crippen LogP contribution in [-0.4, -0.2) is 55.0 Å². The van der Waals surface area contributed by atoms with Crippen molar-refractivity contribution in [2.75, 3.05) is 33.2 Å². The minimum absolute atomic E-state index is 0. The summed E-state index contributed by atoms with van der Waals surface area (Å²) in [5, 5.41) is 2.94. The van der Waals surface area contributed by atoms with Crippen LogP contribution in [0.4, 0.5) is 0 Å². The van der Waals surface area contributed by atoms with Gasteiger partial charge in [-0.3, -0.25) is 9.69 Å². The van der Waals surface area contributed by atoms with E-state index >= 15 is 0 Å². The second-order valence-corrected chi connectivity index (χ2v) is 7.03. The van der Waals surface area contributed by atoms with Gasteiger partial charge in [0, 0.05) is 39.3 Å². The maximum absolute atomic E-state index is 12.0. The third-order valence-corrected chi connectivity index (χ3v) is 5.05. The van der Waals surface area contributed by atoms with Crippen molar-refractivity contribution in [3.63, 3.8) is 0 Å². The van der Waals surface area contributed by atoms with Crippen molar-refractivity contribution in [3.8, 4) is 0 Å². The first-order chi connectivity index (χ1) is 11.5. The molecule has 142 valence electrons. The van der Waals surface area contributed by atoms with Crippen LogP contribution in [0.3, 0.4) is 0 Å². The minimum atomic E-state index is -0.425. The molecule has 0 aromatic heterocycles. The molecule has 0 spiro atoms. The van der Waals surface area contributed by atoms with Gasteiger partial charge in [-0.05, 0) is 24.1 Å². The summed E-state index contributed by atoms with van der Waals surface area (Å²) >= 11 is 0. The SMILES string of the molecule is CCC(C)C(N)C(=O)NCc1ccc(CN2CCN(C)CC2)cc1.Cl. The molecule has 1 aliphatic rings. The quantitative estimate of drug-likeness (QED) is 0.771. The number of amides is 1. The molecule has 6 heteroatoms. The summed E-state index contributed by atoms with van der Waals surface area (Å²) in [5.74, 6) is 0.141. The van der Waals surface area contributed by atoms with Gasteiger partial charge in [-0.25, -0.2) is 0 Å². The number of nitrogens with two attached hydrogens (primary N) is 1. The molecule has 2 rings (SSSR count). The van der Waals surface area contributed by atoms with Crippen LogP contribution in [-0.2, 0) is 17.9 Å². The van der Waals surface area contributed by atoms with E-state index < -0.39 is 6.04 Å². The van der Waals surface area contributed by atoms with Gasteiger partial charge in [-0.15, -0.1) is 12.4 Å². The van der Waals surface area contributed by atoms with Crippen LogP contribution in [0, 0.1) is 5.92 Å². The molecule has 0 bridgehead atoms. The van der Waals surface area contributed by atoms with Gasteiger partial charge in [0.05, 0.1) is 6.04 Å². The predicted molar refractivity (Wildman–Crippen MR) is 106 cm³/mol. The van der Waals surface area contributed by atoms with Crippen molar-refractivity contribution >= 4 is 18.3 Å². The molecule has 2 atom stereocenters. The fourth-order valence-electron chi connectivity index (χ4n) is 2.85. The number of nitrogens with one attached hydrogen (secondary N) is 1. The van der Waals surface area contributed by atoms with E-state index in [9.17, 15) is 4.79 Å². The minimum Gasteiger partial charge on any atom is -0.351 e. The van der Waals surface area contributed by atoms with Crippen molar-refractivity contribution in [1.82, 2.24) is 15.1 Å². The molecule has 1 aromatic rings. The van der Waals surface area contributed by atoms with E-state index in [-0.39, 0.29) is 24.2 Å². The van der Waals surface area contributed by atoms with Gasteiger partial charge >= 0.3 is 0 Å². The lowest BCUT2D eigenvalue weighted by atomic mass is 9.99. The summed E-state index contributed by atoms with van der Waals surface area (Å²) in [6.45, 7) is 10.1. The Kier molecular flexibility index (Phi) is 9.43. The number of rotatable bonds is 7. The van der Waals surface area contributed by atoms with Gasteiger partial charge in [-0.1, -0.05) is 44.5 Å². The van der Waals surface area contributed by atoms with Crippen LogP contribution >= 0.6 is 12.4 Å².